The van der Waals surface area contributed by atoms with E-state index in [1.54, 1.807) is 7.11 Å². The van der Waals surface area contributed by atoms with Crippen molar-refractivity contribution >= 4 is 0 Å². The molecule has 2 aromatic rings. The molecule has 0 fully saturated rings. The van der Waals surface area contributed by atoms with Crippen LogP contribution in [0.15, 0.2) is 48.5 Å². The van der Waals surface area contributed by atoms with Gasteiger partial charge in [0, 0.05) is 5.92 Å². The van der Waals surface area contributed by atoms with Gasteiger partial charge in [0.1, 0.15) is 5.75 Å². The normalized spacial score (nSPS) is 12.2. The monoisotopic (exact) mass is 255 g/mol. The minimum Gasteiger partial charge on any atom is -0.497 e. The summed E-state index contributed by atoms with van der Waals surface area (Å²) in [6.45, 7) is 2.81. The summed E-state index contributed by atoms with van der Waals surface area (Å²) in [5.41, 5.74) is 9.68. The van der Waals surface area contributed by atoms with Crippen molar-refractivity contribution < 1.29 is 4.74 Å². The maximum Gasteiger partial charge on any atom is 0.118 e. The third-order valence-corrected chi connectivity index (χ3v) is 3.42. The van der Waals surface area contributed by atoms with Crippen LogP contribution in [0.4, 0.5) is 0 Å². The first-order chi connectivity index (χ1) is 9.24. The summed E-state index contributed by atoms with van der Waals surface area (Å²) in [6.07, 6.45) is 0.954. The van der Waals surface area contributed by atoms with Crippen molar-refractivity contribution in [3.63, 3.8) is 0 Å². The summed E-state index contributed by atoms with van der Waals surface area (Å²) < 4.78 is 5.21. The highest BCUT2D eigenvalue weighted by Gasteiger charge is 2.13. The lowest BCUT2D eigenvalue weighted by Gasteiger charge is -2.18. The van der Waals surface area contributed by atoms with E-state index >= 15 is 0 Å². The molecule has 0 spiro atoms. The van der Waals surface area contributed by atoms with Gasteiger partial charge in [-0.15, -0.1) is 0 Å². The van der Waals surface area contributed by atoms with E-state index in [0.717, 1.165) is 12.2 Å². The Bertz CT molecular complexity index is 519. The number of nitrogens with two attached hydrogens (primary N) is 1. The summed E-state index contributed by atoms with van der Waals surface area (Å²) in [5, 5.41) is 0. The number of hydrogen-bond donors (Lipinski definition) is 1. The smallest absolute Gasteiger partial charge is 0.118 e. The van der Waals surface area contributed by atoms with E-state index in [1.165, 1.54) is 16.7 Å². The van der Waals surface area contributed by atoms with Crippen LogP contribution in [0.1, 0.15) is 29.0 Å². The quantitative estimate of drug-likeness (QED) is 0.887. The Kier molecular flexibility index (Phi) is 4.58. The first-order valence-electron chi connectivity index (χ1n) is 6.65. The molecule has 0 bridgehead atoms. The fraction of sp³-hybridized carbons (Fsp3) is 0.294. The molecule has 0 saturated carbocycles. The molecule has 0 saturated heterocycles. The molecule has 1 atom stereocenters. The molecule has 0 heterocycles. The lowest BCUT2D eigenvalue weighted by atomic mass is 9.88. The first-order valence-corrected chi connectivity index (χ1v) is 6.65. The van der Waals surface area contributed by atoms with Gasteiger partial charge in [-0.2, -0.15) is 0 Å². The molecule has 2 nitrogen and oxygen atoms in total. The second-order valence-corrected chi connectivity index (χ2v) is 4.82. The van der Waals surface area contributed by atoms with Crippen LogP contribution in [0, 0.1) is 6.92 Å². The standard InChI is InChI=1S/C17H21NO/c1-13-4-3-5-15(12-13)17(10-11-18)14-6-8-16(19-2)9-7-14/h3-9,12,17H,10-11,18H2,1-2H3. The van der Waals surface area contributed by atoms with E-state index in [0.29, 0.717) is 12.5 Å². The van der Waals surface area contributed by atoms with Crippen molar-refractivity contribution in [2.45, 2.75) is 19.3 Å². The summed E-state index contributed by atoms with van der Waals surface area (Å²) >= 11 is 0. The Balaban J connectivity index is 2.33. The maximum absolute atomic E-state index is 5.77. The molecule has 19 heavy (non-hydrogen) atoms. The minimum atomic E-state index is 0.357. The predicted octanol–water partition coefficient (Wildman–Crippen LogP) is 3.48. The van der Waals surface area contributed by atoms with Gasteiger partial charge in [-0.3, -0.25) is 0 Å². The number of benzene rings is 2. The van der Waals surface area contributed by atoms with Crippen molar-refractivity contribution in [2.75, 3.05) is 13.7 Å². The van der Waals surface area contributed by atoms with E-state index in [9.17, 15) is 0 Å². The Hall–Kier alpha value is -1.80. The van der Waals surface area contributed by atoms with Gasteiger partial charge >= 0.3 is 0 Å². The molecule has 2 rings (SSSR count). The molecular formula is C17H21NO. The van der Waals surface area contributed by atoms with Gasteiger partial charge in [-0.05, 0) is 43.1 Å². The fourth-order valence-corrected chi connectivity index (χ4v) is 2.42. The van der Waals surface area contributed by atoms with Crippen molar-refractivity contribution in [3.8, 4) is 5.75 Å². The van der Waals surface area contributed by atoms with Crippen molar-refractivity contribution in [3.05, 3.63) is 65.2 Å². The largest absolute Gasteiger partial charge is 0.497 e. The first kappa shape index (κ1) is 13.6. The summed E-state index contributed by atoms with van der Waals surface area (Å²) in [5.74, 6) is 1.25. The lowest BCUT2D eigenvalue weighted by molar-refractivity contribution is 0.414. The molecule has 2 aromatic carbocycles. The van der Waals surface area contributed by atoms with E-state index in [2.05, 4.69) is 43.3 Å². The molecule has 0 aliphatic carbocycles. The van der Waals surface area contributed by atoms with Crippen LogP contribution in [-0.4, -0.2) is 13.7 Å². The van der Waals surface area contributed by atoms with Gasteiger partial charge in [0.15, 0.2) is 0 Å². The zero-order chi connectivity index (χ0) is 13.7. The van der Waals surface area contributed by atoms with Gasteiger partial charge in [0.2, 0.25) is 0 Å². The van der Waals surface area contributed by atoms with E-state index in [4.69, 9.17) is 10.5 Å². The van der Waals surface area contributed by atoms with E-state index in [-0.39, 0.29) is 0 Å². The Morgan fingerprint density at radius 2 is 1.79 bits per heavy atom. The average Bonchev–Trinajstić information content (AvgIpc) is 2.45. The van der Waals surface area contributed by atoms with Crippen molar-refractivity contribution in [1.29, 1.82) is 0 Å². The number of aryl methyl sites for hydroxylation is 1. The number of rotatable bonds is 5. The van der Waals surface area contributed by atoms with Crippen LogP contribution in [0.3, 0.4) is 0 Å². The molecule has 0 aliphatic rings. The Morgan fingerprint density at radius 3 is 2.37 bits per heavy atom. The van der Waals surface area contributed by atoms with Crippen LogP contribution in [0.5, 0.6) is 5.75 Å². The molecule has 0 aliphatic heterocycles. The Labute approximate surface area is 115 Å². The fourth-order valence-electron chi connectivity index (χ4n) is 2.42. The van der Waals surface area contributed by atoms with E-state index < -0.39 is 0 Å². The molecule has 0 radical (unpaired) electrons. The zero-order valence-electron chi connectivity index (χ0n) is 11.6. The van der Waals surface area contributed by atoms with Gasteiger partial charge in [-0.25, -0.2) is 0 Å². The molecular weight excluding hydrogens is 234 g/mol. The van der Waals surface area contributed by atoms with Gasteiger partial charge < -0.3 is 10.5 Å². The van der Waals surface area contributed by atoms with Gasteiger partial charge in [-0.1, -0.05) is 42.0 Å². The molecule has 0 aromatic heterocycles. The average molecular weight is 255 g/mol. The Morgan fingerprint density at radius 1 is 1.05 bits per heavy atom. The highest BCUT2D eigenvalue weighted by Crippen LogP contribution is 2.29. The van der Waals surface area contributed by atoms with Crippen LogP contribution in [0.25, 0.3) is 0 Å². The highest BCUT2D eigenvalue weighted by molar-refractivity contribution is 5.37. The topological polar surface area (TPSA) is 35.2 Å². The van der Waals surface area contributed by atoms with E-state index in [1.807, 2.05) is 12.1 Å². The molecule has 1 unspecified atom stereocenters. The molecule has 2 N–H and O–H groups in total. The summed E-state index contributed by atoms with van der Waals surface area (Å²) in [6, 6.07) is 16.9. The van der Waals surface area contributed by atoms with Crippen LogP contribution in [-0.2, 0) is 0 Å². The van der Waals surface area contributed by atoms with Crippen molar-refractivity contribution in [1.82, 2.24) is 0 Å². The third kappa shape index (κ3) is 3.36. The molecule has 2 heteroatoms. The predicted molar refractivity (Wildman–Crippen MR) is 79.7 cm³/mol. The second-order valence-electron chi connectivity index (χ2n) is 4.82. The second kappa shape index (κ2) is 6.39. The molecule has 100 valence electrons. The highest BCUT2D eigenvalue weighted by atomic mass is 16.5. The molecule has 0 amide bonds. The minimum absolute atomic E-state index is 0.357. The summed E-state index contributed by atoms with van der Waals surface area (Å²) in [7, 11) is 1.69. The number of methoxy groups -OCH3 is 1. The van der Waals surface area contributed by atoms with Crippen LogP contribution >= 0.6 is 0 Å². The third-order valence-electron chi connectivity index (χ3n) is 3.42. The lowest BCUT2D eigenvalue weighted by Crippen LogP contribution is -2.09. The summed E-state index contributed by atoms with van der Waals surface area (Å²) in [4.78, 5) is 0. The zero-order valence-corrected chi connectivity index (χ0v) is 11.6. The van der Waals surface area contributed by atoms with Gasteiger partial charge in [0.25, 0.3) is 0 Å². The van der Waals surface area contributed by atoms with Crippen LogP contribution < -0.4 is 10.5 Å². The maximum atomic E-state index is 5.77. The van der Waals surface area contributed by atoms with Gasteiger partial charge in [0.05, 0.1) is 7.11 Å². The SMILES string of the molecule is COc1ccc(C(CCN)c2cccc(C)c2)cc1. The van der Waals surface area contributed by atoms with Crippen molar-refractivity contribution in [2.24, 2.45) is 5.73 Å². The number of hydrogen-bond acceptors (Lipinski definition) is 2. The number of ether oxygens (including phenoxy) is 1. The van der Waals surface area contributed by atoms with Crippen LogP contribution in [0.2, 0.25) is 0 Å².